The Morgan fingerprint density at radius 1 is 1.06 bits per heavy atom. The highest BCUT2D eigenvalue weighted by Gasteiger charge is 2.46. The molecule has 2 aliphatic heterocycles. The van der Waals surface area contributed by atoms with Gasteiger partial charge in [-0.1, -0.05) is 29.8 Å². The molecule has 1 N–H and O–H groups in total. The Labute approximate surface area is 193 Å². The molecule has 2 aliphatic rings. The van der Waals surface area contributed by atoms with E-state index in [0.717, 1.165) is 30.8 Å². The van der Waals surface area contributed by atoms with Gasteiger partial charge in [0.15, 0.2) is 0 Å². The van der Waals surface area contributed by atoms with Gasteiger partial charge >= 0.3 is 0 Å². The number of aliphatic hydroxyl groups is 1. The van der Waals surface area contributed by atoms with E-state index in [1.165, 1.54) is 17.0 Å². The van der Waals surface area contributed by atoms with Crippen LogP contribution in [0.25, 0.3) is 5.76 Å². The van der Waals surface area contributed by atoms with Crippen LogP contribution in [0.1, 0.15) is 34.7 Å². The maximum absolute atomic E-state index is 13.6. The van der Waals surface area contributed by atoms with E-state index >= 15 is 0 Å². The third kappa shape index (κ3) is 4.84. The summed E-state index contributed by atoms with van der Waals surface area (Å²) >= 11 is 0. The number of aliphatic hydroxyl groups excluding tert-OH is 1. The molecule has 1 atom stereocenters. The van der Waals surface area contributed by atoms with Gasteiger partial charge in [0.1, 0.15) is 11.6 Å². The van der Waals surface area contributed by atoms with E-state index in [1.807, 2.05) is 26.0 Å². The van der Waals surface area contributed by atoms with Gasteiger partial charge in [-0.2, -0.15) is 0 Å². The molecule has 33 heavy (non-hydrogen) atoms. The number of aryl methyl sites for hydroxylation is 2. The number of nitrogens with zero attached hydrogens (tertiary/aromatic N) is 2. The van der Waals surface area contributed by atoms with E-state index in [0.29, 0.717) is 37.3 Å². The summed E-state index contributed by atoms with van der Waals surface area (Å²) in [5, 5.41) is 11.2. The Kier molecular flexibility index (Phi) is 6.91. The predicted octanol–water partition coefficient (Wildman–Crippen LogP) is 3.59. The molecule has 2 fully saturated rings. The first-order chi connectivity index (χ1) is 15.9. The fourth-order valence-corrected chi connectivity index (χ4v) is 4.53. The first-order valence-corrected chi connectivity index (χ1v) is 11.3. The molecule has 0 aromatic heterocycles. The molecular formula is C26H29FN2O4. The summed E-state index contributed by atoms with van der Waals surface area (Å²) in [4.78, 5) is 30.0. The minimum absolute atomic E-state index is 0.0479. The highest BCUT2D eigenvalue weighted by Crippen LogP contribution is 2.40. The molecule has 174 valence electrons. The highest BCUT2D eigenvalue weighted by molar-refractivity contribution is 6.46. The van der Waals surface area contributed by atoms with Crippen molar-refractivity contribution in [3.05, 3.63) is 76.1 Å². The maximum atomic E-state index is 13.6. The van der Waals surface area contributed by atoms with E-state index in [9.17, 15) is 19.1 Å². The molecule has 7 heteroatoms. The van der Waals surface area contributed by atoms with Gasteiger partial charge in [-0.15, -0.1) is 0 Å². The third-order valence-electron chi connectivity index (χ3n) is 6.35. The average molecular weight is 453 g/mol. The van der Waals surface area contributed by atoms with E-state index in [4.69, 9.17) is 4.74 Å². The number of likely N-dealkylation sites (tertiary alicyclic amines) is 1. The lowest BCUT2D eigenvalue weighted by Gasteiger charge is -2.29. The molecule has 1 unspecified atom stereocenters. The largest absolute Gasteiger partial charge is 0.507 e. The van der Waals surface area contributed by atoms with Crippen molar-refractivity contribution in [1.29, 1.82) is 0 Å². The lowest BCUT2D eigenvalue weighted by Crippen LogP contribution is -2.38. The summed E-state index contributed by atoms with van der Waals surface area (Å²) in [6.07, 6.45) is 0.675. The number of halogens is 1. The number of hydrogen-bond donors (Lipinski definition) is 1. The number of Topliss-reactive ketones (excluding diaryl/α,β-unsaturated/α-hetero) is 1. The summed E-state index contributed by atoms with van der Waals surface area (Å²) in [7, 11) is 0. The number of hydrogen-bond acceptors (Lipinski definition) is 5. The van der Waals surface area contributed by atoms with Crippen LogP contribution in [0.2, 0.25) is 0 Å². The number of amides is 1. The van der Waals surface area contributed by atoms with Gasteiger partial charge < -0.3 is 14.7 Å². The smallest absolute Gasteiger partial charge is 0.295 e. The van der Waals surface area contributed by atoms with E-state index in [2.05, 4.69) is 4.90 Å². The molecule has 6 nitrogen and oxygen atoms in total. The lowest BCUT2D eigenvalue weighted by molar-refractivity contribution is -0.140. The van der Waals surface area contributed by atoms with Crippen LogP contribution in [-0.4, -0.2) is 66.0 Å². The van der Waals surface area contributed by atoms with Crippen LogP contribution in [0.3, 0.4) is 0 Å². The number of rotatable bonds is 6. The Bertz CT molecular complexity index is 1070. The molecule has 4 rings (SSSR count). The van der Waals surface area contributed by atoms with Crippen molar-refractivity contribution in [1.82, 2.24) is 9.80 Å². The van der Waals surface area contributed by atoms with Gasteiger partial charge in [-0.05, 0) is 49.6 Å². The summed E-state index contributed by atoms with van der Waals surface area (Å²) in [6.45, 7) is 7.94. The van der Waals surface area contributed by atoms with Crippen molar-refractivity contribution in [3.8, 4) is 0 Å². The normalized spacial score (nSPS) is 21.1. The summed E-state index contributed by atoms with van der Waals surface area (Å²) in [5.41, 5.74) is 2.89. The molecule has 0 aliphatic carbocycles. The minimum atomic E-state index is -0.768. The van der Waals surface area contributed by atoms with Gasteiger partial charge in [0.25, 0.3) is 11.7 Å². The van der Waals surface area contributed by atoms with Gasteiger partial charge in [0, 0.05) is 31.7 Å². The van der Waals surface area contributed by atoms with E-state index in [1.54, 1.807) is 18.2 Å². The Morgan fingerprint density at radius 3 is 2.45 bits per heavy atom. The van der Waals surface area contributed by atoms with Crippen molar-refractivity contribution in [2.75, 3.05) is 39.4 Å². The Balaban J connectivity index is 1.70. The zero-order chi connectivity index (χ0) is 23.5. The van der Waals surface area contributed by atoms with Crippen molar-refractivity contribution in [3.63, 3.8) is 0 Å². The van der Waals surface area contributed by atoms with E-state index in [-0.39, 0.29) is 11.3 Å². The standard InChI is InChI=1S/C26H29FN2O4/c1-17-4-5-18(2)21(16-17)24(30)22-23(19-6-8-20(27)9-7-19)29(26(32)25(22)31)11-3-10-28-12-14-33-15-13-28/h4-9,16,23,30H,3,10-15H2,1-2H3. The second-order valence-corrected chi connectivity index (χ2v) is 8.67. The number of carbonyl (C=O) groups excluding carboxylic acids is 2. The van der Waals surface area contributed by atoms with Crippen LogP contribution in [0.15, 0.2) is 48.0 Å². The van der Waals surface area contributed by atoms with E-state index < -0.39 is 23.5 Å². The van der Waals surface area contributed by atoms with Crippen molar-refractivity contribution in [2.24, 2.45) is 0 Å². The number of carbonyl (C=O) groups is 2. The summed E-state index contributed by atoms with van der Waals surface area (Å²) in [5.74, 6) is -1.95. The summed E-state index contributed by atoms with van der Waals surface area (Å²) < 4.78 is 19.0. The summed E-state index contributed by atoms with van der Waals surface area (Å²) in [6, 6.07) is 10.6. The predicted molar refractivity (Wildman–Crippen MR) is 123 cm³/mol. The molecular weight excluding hydrogens is 423 g/mol. The quantitative estimate of drug-likeness (QED) is 0.412. The fraction of sp³-hybridized carbons (Fsp3) is 0.385. The number of morpholine rings is 1. The number of benzene rings is 2. The lowest BCUT2D eigenvalue weighted by atomic mass is 9.93. The molecule has 2 saturated heterocycles. The van der Waals surface area contributed by atoms with Crippen molar-refractivity contribution < 1.29 is 23.8 Å². The SMILES string of the molecule is Cc1ccc(C)c(C(O)=C2C(=O)C(=O)N(CCCN3CCOCC3)C2c2ccc(F)cc2)c1. The first kappa shape index (κ1) is 23.1. The van der Waals surface area contributed by atoms with Crippen molar-refractivity contribution in [2.45, 2.75) is 26.3 Å². The maximum Gasteiger partial charge on any atom is 0.295 e. The molecule has 0 spiro atoms. The number of ketones is 1. The fourth-order valence-electron chi connectivity index (χ4n) is 4.53. The second kappa shape index (κ2) is 9.85. The Morgan fingerprint density at radius 2 is 1.76 bits per heavy atom. The van der Waals surface area contributed by atoms with Crippen LogP contribution in [0.5, 0.6) is 0 Å². The molecule has 0 saturated carbocycles. The second-order valence-electron chi connectivity index (χ2n) is 8.67. The zero-order valence-corrected chi connectivity index (χ0v) is 19.0. The minimum Gasteiger partial charge on any atom is -0.507 e. The van der Waals surface area contributed by atoms with Crippen LogP contribution < -0.4 is 0 Å². The van der Waals surface area contributed by atoms with Gasteiger partial charge in [-0.25, -0.2) is 4.39 Å². The topological polar surface area (TPSA) is 70.1 Å². The van der Waals surface area contributed by atoms with Crippen LogP contribution in [0, 0.1) is 19.7 Å². The molecule has 2 heterocycles. The molecule has 0 radical (unpaired) electrons. The first-order valence-electron chi connectivity index (χ1n) is 11.3. The van der Waals surface area contributed by atoms with Gasteiger partial charge in [-0.3, -0.25) is 14.5 Å². The van der Waals surface area contributed by atoms with Crippen LogP contribution in [-0.2, 0) is 14.3 Å². The van der Waals surface area contributed by atoms with Gasteiger partial charge in [0.2, 0.25) is 0 Å². The zero-order valence-electron chi connectivity index (χ0n) is 19.0. The molecule has 1 amide bonds. The molecule has 0 bridgehead atoms. The average Bonchev–Trinajstić information content (AvgIpc) is 3.06. The molecule has 2 aromatic rings. The van der Waals surface area contributed by atoms with Crippen LogP contribution in [0.4, 0.5) is 4.39 Å². The Hall–Kier alpha value is -3.03. The monoisotopic (exact) mass is 452 g/mol. The molecule has 2 aromatic carbocycles. The highest BCUT2D eigenvalue weighted by atomic mass is 19.1. The van der Waals surface area contributed by atoms with Gasteiger partial charge in [0.05, 0.1) is 24.8 Å². The van der Waals surface area contributed by atoms with Crippen molar-refractivity contribution >= 4 is 17.4 Å². The third-order valence-corrected chi connectivity index (χ3v) is 6.35. The van der Waals surface area contributed by atoms with Crippen LogP contribution >= 0.6 is 0 Å². The number of ether oxygens (including phenoxy) is 1.